The van der Waals surface area contributed by atoms with E-state index in [-0.39, 0.29) is 90.1 Å². The highest BCUT2D eigenvalue weighted by atomic mass is 16.7. The largest absolute Gasteiger partial charge is 0.379 e. The predicted octanol–water partition coefficient (Wildman–Crippen LogP) is 8.18. The zero-order valence-corrected chi connectivity index (χ0v) is 43.1. The number of nitrogens with zero attached hydrogens (tertiary/aromatic N) is 4. The topological polar surface area (TPSA) is 143 Å². The Morgan fingerprint density at radius 1 is 0.788 bits per heavy atom. The normalized spacial score (nSPS) is 19.8. The van der Waals surface area contributed by atoms with Gasteiger partial charge < -0.3 is 24.1 Å². The van der Waals surface area contributed by atoms with E-state index in [0.29, 0.717) is 32.5 Å². The summed E-state index contributed by atoms with van der Waals surface area (Å²) in [7, 11) is 6.92. The molecular formula is C53H88N4O9. The van der Waals surface area contributed by atoms with Gasteiger partial charge in [-0.2, -0.15) is 0 Å². The molecule has 3 rings (SSSR count). The molecule has 0 bridgehead atoms. The molecule has 1 aromatic rings. The number of Topliss-reactive ketones (excluding diaryl/α,β-unsaturated/α-hetero) is 3. The van der Waals surface area contributed by atoms with Crippen molar-refractivity contribution in [3.05, 3.63) is 35.9 Å². The first-order valence-electron chi connectivity index (χ1n) is 25.2. The third-order valence-corrected chi connectivity index (χ3v) is 14.8. The van der Waals surface area contributed by atoms with E-state index in [1.807, 2.05) is 83.8 Å². The number of carbonyl (C=O) groups is 6. The molecule has 2 saturated heterocycles. The molecule has 0 N–H and O–H groups in total. The highest BCUT2D eigenvalue weighted by molar-refractivity contribution is 5.90. The molecule has 10 atom stereocenters. The Hall–Kier alpha value is -3.52. The Morgan fingerprint density at radius 2 is 1.45 bits per heavy atom. The van der Waals surface area contributed by atoms with E-state index < -0.39 is 36.0 Å². The lowest BCUT2D eigenvalue weighted by Crippen LogP contribution is -2.54. The number of methoxy groups -OCH3 is 2. The summed E-state index contributed by atoms with van der Waals surface area (Å²) >= 11 is 0. The summed E-state index contributed by atoms with van der Waals surface area (Å²) in [6, 6.07) is 8.63. The van der Waals surface area contributed by atoms with Crippen molar-refractivity contribution in [2.75, 3.05) is 54.6 Å². The van der Waals surface area contributed by atoms with E-state index in [9.17, 15) is 28.8 Å². The summed E-state index contributed by atoms with van der Waals surface area (Å²) in [6.45, 7) is 19.8. The lowest BCUT2D eigenvalue weighted by molar-refractivity contribution is -0.202. The van der Waals surface area contributed by atoms with Crippen molar-refractivity contribution in [2.24, 2.45) is 35.5 Å². The van der Waals surface area contributed by atoms with Crippen molar-refractivity contribution < 1.29 is 43.1 Å². The van der Waals surface area contributed by atoms with E-state index in [0.717, 1.165) is 57.1 Å². The summed E-state index contributed by atoms with van der Waals surface area (Å²) in [5.74, 6) is -2.44. The number of hydrogen-bond acceptors (Lipinski definition) is 10. The van der Waals surface area contributed by atoms with E-state index in [1.165, 1.54) is 5.06 Å². The average molecular weight is 925 g/mol. The summed E-state index contributed by atoms with van der Waals surface area (Å²) in [6.07, 6.45) is 6.01. The second kappa shape index (κ2) is 28.1. The Bertz CT molecular complexity index is 1680. The smallest absolute Gasteiger partial charge is 0.250 e. The molecule has 13 nitrogen and oxygen atoms in total. The first kappa shape index (κ1) is 56.8. The molecular weight excluding hydrogens is 837 g/mol. The van der Waals surface area contributed by atoms with Crippen molar-refractivity contribution in [2.45, 2.75) is 176 Å². The first-order valence-corrected chi connectivity index (χ1v) is 25.2. The molecule has 2 fully saturated rings. The van der Waals surface area contributed by atoms with Crippen LogP contribution in [0.1, 0.15) is 151 Å². The van der Waals surface area contributed by atoms with Crippen LogP contribution in [-0.2, 0) is 43.1 Å². The van der Waals surface area contributed by atoms with Crippen LogP contribution in [0.5, 0.6) is 0 Å². The van der Waals surface area contributed by atoms with Crippen LogP contribution < -0.4 is 0 Å². The minimum Gasteiger partial charge on any atom is -0.379 e. The number of hydroxylamine groups is 2. The SMILES string of the molecule is CC[C@H](C)[C@@H]([C@@H](CC(=O)N1CCC[C@H]1[C@H](OC)[C@@H](C)C(=O)C[C@H](C(=O)N1CCCCO1)[C@@H](C)c1ccccc1)OC)N(C)C(=O)[C@@H](CC(=O)[C@H](C(C)C)N(C)CCCCCC(C)=O)C(C)C. The molecule has 0 spiro atoms. The fraction of sp³-hybridized carbons (Fsp3) is 0.774. The minimum atomic E-state index is -0.634. The lowest BCUT2D eigenvalue weighted by atomic mass is 9.80. The number of likely N-dealkylation sites (tertiary alicyclic amines) is 1. The van der Waals surface area contributed by atoms with Crippen molar-refractivity contribution >= 4 is 35.1 Å². The molecule has 0 saturated carbocycles. The standard InChI is InChI=1S/C53H88N4O9/c1-14-37(6)50(55(11)52(62)42(35(2)3)32-46(60)49(36(4)5)54(10)28-20-16-17-24-38(7)58)47(64-12)34-48(61)56-29-23-27-44(56)51(65-13)40(9)45(59)33-43(39(8)41-25-18-15-19-26-41)53(63)57-30-21-22-31-66-57/h15,18-19,25-26,35-37,39-40,42-44,47,49-51H,14,16-17,20-24,27-34H2,1-13H3/t37-,39-,40-,42-,43-,44-,47+,49-,50-,51+/m0/s1. The van der Waals surface area contributed by atoms with Crippen molar-refractivity contribution in [3.8, 4) is 0 Å². The highest BCUT2D eigenvalue weighted by Crippen LogP contribution is 2.35. The summed E-state index contributed by atoms with van der Waals surface area (Å²) < 4.78 is 12.3. The van der Waals surface area contributed by atoms with E-state index >= 15 is 0 Å². The number of benzene rings is 1. The molecule has 3 amide bonds. The van der Waals surface area contributed by atoms with Gasteiger partial charge in [-0.25, -0.2) is 5.06 Å². The van der Waals surface area contributed by atoms with E-state index in [1.54, 1.807) is 33.1 Å². The van der Waals surface area contributed by atoms with Gasteiger partial charge in [0.1, 0.15) is 11.6 Å². The van der Waals surface area contributed by atoms with Gasteiger partial charge >= 0.3 is 0 Å². The van der Waals surface area contributed by atoms with Gasteiger partial charge in [0.25, 0.3) is 0 Å². The summed E-state index contributed by atoms with van der Waals surface area (Å²) in [5, 5.41) is 1.44. The van der Waals surface area contributed by atoms with Gasteiger partial charge in [-0.1, -0.05) is 98.6 Å². The molecule has 0 unspecified atom stereocenters. The number of likely N-dealkylation sites (N-methyl/N-ethyl adjacent to an activating group) is 2. The molecule has 2 aliphatic heterocycles. The first-order chi connectivity index (χ1) is 31.3. The van der Waals surface area contributed by atoms with Crippen LogP contribution >= 0.6 is 0 Å². The molecule has 13 heteroatoms. The molecule has 0 aromatic heterocycles. The molecule has 0 aliphatic carbocycles. The third kappa shape index (κ3) is 15.8. The van der Waals surface area contributed by atoms with Gasteiger partial charge in [0.2, 0.25) is 17.7 Å². The number of hydrogen-bond donors (Lipinski definition) is 0. The quantitative estimate of drug-likeness (QED) is 0.0723. The number of ketones is 3. The van der Waals surface area contributed by atoms with Crippen LogP contribution in [0.4, 0.5) is 0 Å². The fourth-order valence-corrected chi connectivity index (χ4v) is 10.5. The zero-order valence-electron chi connectivity index (χ0n) is 43.1. The number of unbranched alkanes of at least 4 members (excludes halogenated alkanes) is 2. The van der Waals surface area contributed by atoms with E-state index in [2.05, 4.69) is 18.7 Å². The molecule has 1 aromatic carbocycles. The van der Waals surface area contributed by atoms with Crippen LogP contribution in [0.15, 0.2) is 30.3 Å². The number of carbonyl (C=O) groups excluding carboxylic acids is 6. The fourth-order valence-electron chi connectivity index (χ4n) is 10.5. The molecule has 374 valence electrons. The second-order valence-electron chi connectivity index (χ2n) is 20.2. The van der Waals surface area contributed by atoms with Gasteiger partial charge in [0.05, 0.1) is 49.3 Å². The predicted molar refractivity (Wildman–Crippen MR) is 259 cm³/mol. The minimum absolute atomic E-state index is 0.0140. The van der Waals surface area contributed by atoms with Gasteiger partial charge in [-0.3, -0.25) is 33.7 Å². The van der Waals surface area contributed by atoms with Gasteiger partial charge in [0, 0.05) is 65.5 Å². The van der Waals surface area contributed by atoms with Gasteiger partial charge in [-0.15, -0.1) is 0 Å². The second-order valence-corrected chi connectivity index (χ2v) is 20.2. The maximum absolute atomic E-state index is 14.7. The average Bonchev–Trinajstić information content (AvgIpc) is 3.79. The monoisotopic (exact) mass is 925 g/mol. The summed E-state index contributed by atoms with van der Waals surface area (Å²) in [5.41, 5.74) is 0.973. The number of ether oxygens (including phenoxy) is 2. The zero-order chi connectivity index (χ0) is 49.2. The van der Waals surface area contributed by atoms with Crippen LogP contribution in [0.3, 0.4) is 0 Å². The van der Waals surface area contributed by atoms with Crippen LogP contribution in [0.2, 0.25) is 0 Å². The summed E-state index contributed by atoms with van der Waals surface area (Å²) in [4.78, 5) is 94.6. The van der Waals surface area contributed by atoms with Crippen molar-refractivity contribution in [1.82, 2.24) is 19.8 Å². The third-order valence-electron chi connectivity index (χ3n) is 14.8. The Balaban J connectivity index is 1.79. The Kier molecular flexibility index (Phi) is 24.2. The lowest BCUT2D eigenvalue weighted by Gasteiger charge is -2.41. The highest BCUT2D eigenvalue weighted by Gasteiger charge is 2.44. The maximum atomic E-state index is 14.7. The molecule has 2 heterocycles. The van der Waals surface area contributed by atoms with Gasteiger partial charge in [0.15, 0.2) is 5.78 Å². The Morgan fingerprint density at radius 3 is 2.02 bits per heavy atom. The van der Waals surface area contributed by atoms with Crippen LogP contribution in [-0.4, -0.2) is 140 Å². The number of rotatable bonds is 29. The van der Waals surface area contributed by atoms with Gasteiger partial charge in [-0.05, 0) is 88.3 Å². The van der Waals surface area contributed by atoms with Crippen LogP contribution in [0, 0.1) is 35.5 Å². The molecule has 0 radical (unpaired) electrons. The molecule has 2 aliphatic rings. The maximum Gasteiger partial charge on any atom is 0.250 e. The van der Waals surface area contributed by atoms with E-state index in [4.69, 9.17) is 14.3 Å². The number of amides is 3. The van der Waals surface area contributed by atoms with Crippen molar-refractivity contribution in [1.29, 1.82) is 0 Å². The van der Waals surface area contributed by atoms with Crippen molar-refractivity contribution in [3.63, 3.8) is 0 Å². The Labute approximate surface area is 398 Å². The molecule has 66 heavy (non-hydrogen) atoms. The van der Waals surface area contributed by atoms with Crippen LogP contribution in [0.25, 0.3) is 0 Å².